The van der Waals surface area contributed by atoms with E-state index in [0.717, 1.165) is 5.69 Å². The van der Waals surface area contributed by atoms with Crippen LogP contribution < -0.4 is 0 Å². The van der Waals surface area contributed by atoms with Crippen molar-refractivity contribution in [3.63, 3.8) is 0 Å². The van der Waals surface area contributed by atoms with Gasteiger partial charge >= 0.3 is 5.97 Å². The number of para-hydroxylation sites is 1. The van der Waals surface area contributed by atoms with E-state index in [9.17, 15) is 9.59 Å². The van der Waals surface area contributed by atoms with Gasteiger partial charge in [0.25, 0.3) is 5.91 Å². The third kappa shape index (κ3) is 3.88. The number of aromatic nitrogens is 3. The molecule has 0 aliphatic heterocycles. The van der Waals surface area contributed by atoms with E-state index in [2.05, 4.69) is 10.1 Å². The number of carboxylic acids is 1. The number of nitrogens with zero attached hydrogens (tertiary/aromatic N) is 4. The minimum absolute atomic E-state index is 0.0313. The van der Waals surface area contributed by atoms with Gasteiger partial charge in [-0.15, -0.1) is 5.10 Å². The molecule has 2 aromatic rings. The first-order valence-electron chi connectivity index (χ1n) is 6.52. The number of hydrogen-bond acceptors (Lipinski definition) is 4. The fourth-order valence-corrected chi connectivity index (χ4v) is 1.81. The van der Waals surface area contributed by atoms with Crippen LogP contribution in [-0.2, 0) is 4.79 Å². The third-order valence-corrected chi connectivity index (χ3v) is 2.93. The van der Waals surface area contributed by atoms with Gasteiger partial charge in [0.05, 0.1) is 5.69 Å². The second-order valence-corrected chi connectivity index (χ2v) is 4.57. The predicted molar refractivity (Wildman–Crippen MR) is 75.2 cm³/mol. The maximum atomic E-state index is 12.1. The Morgan fingerprint density at radius 2 is 2.00 bits per heavy atom. The van der Waals surface area contributed by atoms with E-state index in [4.69, 9.17) is 5.11 Å². The van der Waals surface area contributed by atoms with E-state index in [-0.39, 0.29) is 18.2 Å². The van der Waals surface area contributed by atoms with Gasteiger partial charge in [0.2, 0.25) is 5.82 Å². The summed E-state index contributed by atoms with van der Waals surface area (Å²) >= 11 is 0. The molecule has 0 saturated carbocycles. The molecule has 0 aliphatic carbocycles. The molecule has 0 aliphatic rings. The lowest BCUT2D eigenvalue weighted by Gasteiger charge is -2.14. The molecule has 0 radical (unpaired) electrons. The van der Waals surface area contributed by atoms with Crippen molar-refractivity contribution in [2.45, 2.75) is 12.8 Å². The van der Waals surface area contributed by atoms with Crippen molar-refractivity contribution in [2.24, 2.45) is 0 Å². The molecule has 1 aromatic heterocycles. The van der Waals surface area contributed by atoms with Crippen molar-refractivity contribution < 1.29 is 14.7 Å². The largest absolute Gasteiger partial charge is 0.481 e. The van der Waals surface area contributed by atoms with Gasteiger partial charge < -0.3 is 10.0 Å². The van der Waals surface area contributed by atoms with Gasteiger partial charge in [-0.05, 0) is 18.6 Å². The molecule has 1 aromatic carbocycles. The number of amides is 1. The van der Waals surface area contributed by atoms with Crippen LogP contribution in [0.5, 0.6) is 0 Å². The quantitative estimate of drug-likeness (QED) is 0.863. The summed E-state index contributed by atoms with van der Waals surface area (Å²) in [6, 6.07) is 9.36. The zero-order valence-electron chi connectivity index (χ0n) is 11.6. The summed E-state index contributed by atoms with van der Waals surface area (Å²) < 4.78 is 1.53. The molecule has 1 amide bonds. The molecule has 0 atom stereocenters. The molecule has 0 fully saturated rings. The van der Waals surface area contributed by atoms with Crippen LogP contribution in [0.3, 0.4) is 0 Å². The molecular formula is C14H16N4O3. The van der Waals surface area contributed by atoms with E-state index in [1.807, 2.05) is 30.3 Å². The minimum atomic E-state index is -0.873. The predicted octanol–water partition coefficient (Wildman–Crippen LogP) is 1.20. The van der Waals surface area contributed by atoms with Crippen molar-refractivity contribution in [3.8, 4) is 5.69 Å². The second-order valence-electron chi connectivity index (χ2n) is 4.57. The second kappa shape index (κ2) is 6.65. The van der Waals surface area contributed by atoms with Crippen LogP contribution in [0.1, 0.15) is 23.5 Å². The number of benzene rings is 1. The van der Waals surface area contributed by atoms with E-state index in [0.29, 0.717) is 13.0 Å². The van der Waals surface area contributed by atoms with E-state index in [1.165, 1.54) is 15.9 Å². The van der Waals surface area contributed by atoms with E-state index in [1.54, 1.807) is 7.05 Å². The van der Waals surface area contributed by atoms with Crippen LogP contribution in [0.15, 0.2) is 36.7 Å². The normalized spacial score (nSPS) is 10.3. The van der Waals surface area contributed by atoms with E-state index >= 15 is 0 Å². The zero-order chi connectivity index (χ0) is 15.2. The smallest absolute Gasteiger partial charge is 0.303 e. The topological polar surface area (TPSA) is 88.3 Å². The molecule has 7 heteroatoms. The maximum Gasteiger partial charge on any atom is 0.303 e. The van der Waals surface area contributed by atoms with Crippen molar-refractivity contribution in [3.05, 3.63) is 42.5 Å². The molecule has 1 N–H and O–H groups in total. The highest BCUT2D eigenvalue weighted by Gasteiger charge is 2.16. The van der Waals surface area contributed by atoms with Gasteiger partial charge in [-0.1, -0.05) is 18.2 Å². The first-order valence-corrected chi connectivity index (χ1v) is 6.52. The average molecular weight is 288 g/mol. The van der Waals surface area contributed by atoms with Crippen LogP contribution in [0.4, 0.5) is 0 Å². The first kappa shape index (κ1) is 14.7. The summed E-state index contributed by atoms with van der Waals surface area (Å²) in [7, 11) is 1.60. The van der Waals surface area contributed by atoms with Crippen LogP contribution >= 0.6 is 0 Å². The molecule has 0 bridgehead atoms. The Morgan fingerprint density at radius 3 is 2.67 bits per heavy atom. The average Bonchev–Trinajstić information content (AvgIpc) is 2.96. The van der Waals surface area contributed by atoms with Crippen molar-refractivity contribution in [2.75, 3.05) is 13.6 Å². The van der Waals surface area contributed by atoms with Crippen LogP contribution in [-0.4, -0.2) is 50.2 Å². The van der Waals surface area contributed by atoms with Crippen LogP contribution in [0.25, 0.3) is 5.69 Å². The molecule has 21 heavy (non-hydrogen) atoms. The fraction of sp³-hybridized carbons (Fsp3) is 0.286. The first-order chi connectivity index (χ1) is 10.1. The van der Waals surface area contributed by atoms with E-state index < -0.39 is 5.97 Å². The minimum Gasteiger partial charge on any atom is -0.481 e. The summed E-state index contributed by atoms with van der Waals surface area (Å²) in [5.74, 6) is -1.10. The number of rotatable bonds is 6. The SMILES string of the molecule is CN(CCCC(=O)O)C(=O)c1ncn(-c2ccccc2)n1. The summed E-state index contributed by atoms with van der Waals surface area (Å²) in [6.45, 7) is 0.352. The molecule has 0 spiro atoms. The lowest BCUT2D eigenvalue weighted by molar-refractivity contribution is -0.137. The standard InChI is InChI=1S/C14H16N4O3/c1-17(9-5-8-12(19)20)14(21)13-15-10-18(16-13)11-6-3-2-4-7-11/h2-4,6-7,10H,5,8-9H2,1H3,(H,19,20). The summed E-state index contributed by atoms with van der Waals surface area (Å²) in [5.41, 5.74) is 0.817. The summed E-state index contributed by atoms with van der Waals surface area (Å²) in [4.78, 5) is 28.0. The summed E-state index contributed by atoms with van der Waals surface area (Å²) in [6.07, 6.45) is 1.91. The molecule has 0 unspecified atom stereocenters. The van der Waals surface area contributed by atoms with Gasteiger partial charge in [-0.2, -0.15) is 0 Å². The van der Waals surface area contributed by atoms with Crippen LogP contribution in [0, 0.1) is 0 Å². The Balaban J connectivity index is 2.00. The number of aliphatic carboxylic acids is 1. The van der Waals surface area contributed by atoms with Gasteiger partial charge in [-0.25, -0.2) is 9.67 Å². The number of carboxylic acid groups (broad SMARTS) is 1. The molecule has 110 valence electrons. The Bertz CT molecular complexity index is 624. The fourth-order valence-electron chi connectivity index (χ4n) is 1.81. The Labute approximate surface area is 121 Å². The number of carbonyl (C=O) groups is 2. The highest BCUT2D eigenvalue weighted by atomic mass is 16.4. The molecule has 1 heterocycles. The van der Waals surface area contributed by atoms with Crippen molar-refractivity contribution >= 4 is 11.9 Å². The monoisotopic (exact) mass is 288 g/mol. The van der Waals surface area contributed by atoms with Crippen LogP contribution in [0.2, 0.25) is 0 Å². The van der Waals surface area contributed by atoms with Crippen molar-refractivity contribution in [1.29, 1.82) is 0 Å². The summed E-state index contributed by atoms with van der Waals surface area (Å²) in [5, 5.41) is 12.7. The number of carbonyl (C=O) groups excluding carboxylic acids is 1. The molecular weight excluding hydrogens is 272 g/mol. The van der Waals surface area contributed by atoms with Gasteiger partial charge in [0.15, 0.2) is 0 Å². The Hall–Kier alpha value is -2.70. The highest BCUT2D eigenvalue weighted by Crippen LogP contribution is 2.06. The third-order valence-electron chi connectivity index (χ3n) is 2.93. The van der Waals surface area contributed by atoms with Gasteiger partial charge in [-0.3, -0.25) is 9.59 Å². The van der Waals surface area contributed by atoms with Gasteiger partial charge in [0, 0.05) is 20.0 Å². The molecule has 0 saturated heterocycles. The number of hydrogen-bond donors (Lipinski definition) is 1. The molecule has 7 nitrogen and oxygen atoms in total. The highest BCUT2D eigenvalue weighted by molar-refractivity contribution is 5.90. The zero-order valence-corrected chi connectivity index (χ0v) is 11.6. The molecule has 2 rings (SSSR count). The van der Waals surface area contributed by atoms with Gasteiger partial charge in [0.1, 0.15) is 6.33 Å². The Kier molecular flexibility index (Phi) is 4.65. The maximum absolute atomic E-state index is 12.1. The lowest BCUT2D eigenvalue weighted by Crippen LogP contribution is -2.29. The Morgan fingerprint density at radius 1 is 1.29 bits per heavy atom. The van der Waals surface area contributed by atoms with Crippen molar-refractivity contribution in [1.82, 2.24) is 19.7 Å². The lowest BCUT2D eigenvalue weighted by atomic mass is 10.3.